The Morgan fingerprint density at radius 1 is 1.22 bits per heavy atom. The van der Waals surface area contributed by atoms with Crippen molar-refractivity contribution >= 4 is 34.0 Å². The smallest absolute Gasteiger partial charge is 0.216 e. The van der Waals surface area contributed by atoms with E-state index in [1.165, 1.54) is 6.92 Å². The molecule has 1 aromatic heterocycles. The Labute approximate surface area is 185 Å². The number of aromatic amines is 1. The van der Waals surface area contributed by atoms with E-state index in [1.807, 2.05) is 24.3 Å². The summed E-state index contributed by atoms with van der Waals surface area (Å²) in [7, 11) is 3.11. The second kappa shape index (κ2) is 8.62. The van der Waals surface area contributed by atoms with E-state index in [-0.39, 0.29) is 17.5 Å². The highest BCUT2D eigenvalue weighted by atomic mass is 16.5. The molecule has 0 radical (unpaired) electrons. The van der Waals surface area contributed by atoms with E-state index < -0.39 is 6.04 Å². The van der Waals surface area contributed by atoms with Gasteiger partial charge in [-0.3, -0.25) is 10.2 Å². The Morgan fingerprint density at radius 2 is 1.91 bits per heavy atom. The minimum Gasteiger partial charge on any atom is -0.509 e. The first kappa shape index (κ1) is 21.2. The van der Waals surface area contributed by atoms with Gasteiger partial charge in [0.15, 0.2) is 0 Å². The number of nitrogens with zero attached hydrogens (tertiary/aromatic N) is 2. The first-order valence-electron chi connectivity index (χ1n) is 10.2. The number of rotatable bonds is 7. The molecule has 3 aromatic rings. The zero-order valence-electron chi connectivity index (χ0n) is 18.1. The molecule has 0 aliphatic carbocycles. The summed E-state index contributed by atoms with van der Waals surface area (Å²) >= 11 is 0. The molecule has 0 spiro atoms. The summed E-state index contributed by atoms with van der Waals surface area (Å²) in [6, 6.07) is 12.2. The molecule has 9 nitrogen and oxygen atoms in total. The van der Waals surface area contributed by atoms with E-state index in [0.29, 0.717) is 41.5 Å². The lowest BCUT2D eigenvalue weighted by Crippen LogP contribution is -2.38. The van der Waals surface area contributed by atoms with Crippen molar-refractivity contribution < 1.29 is 19.4 Å². The lowest BCUT2D eigenvalue weighted by atomic mass is 10.1. The molecule has 1 atom stereocenters. The van der Waals surface area contributed by atoms with Gasteiger partial charge < -0.3 is 29.8 Å². The zero-order valence-corrected chi connectivity index (χ0v) is 18.1. The average molecular weight is 435 g/mol. The molecule has 0 fully saturated rings. The van der Waals surface area contributed by atoms with Crippen molar-refractivity contribution in [3.63, 3.8) is 0 Å². The number of carbonyl (C=O) groups is 1. The highest BCUT2D eigenvalue weighted by Gasteiger charge is 2.40. The molecule has 0 saturated heterocycles. The zero-order chi connectivity index (χ0) is 22.8. The number of H-pyrrole nitrogens is 1. The maximum absolute atomic E-state index is 11.4. The third-order valence-corrected chi connectivity index (χ3v) is 5.39. The minimum absolute atomic E-state index is 0.0150. The highest BCUT2D eigenvalue weighted by molar-refractivity contribution is 6.31. The average Bonchev–Trinajstić information content (AvgIpc) is 3.31. The normalized spacial score (nSPS) is 16.0. The molecule has 1 aliphatic rings. The number of ether oxygens (including phenoxy) is 2. The van der Waals surface area contributed by atoms with Gasteiger partial charge in [-0.15, -0.1) is 0 Å². The van der Waals surface area contributed by atoms with Crippen LogP contribution >= 0.6 is 0 Å². The molecule has 9 heteroatoms. The molecule has 166 valence electrons. The molecule has 0 saturated carbocycles. The van der Waals surface area contributed by atoms with Crippen molar-refractivity contribution in [2.45, 2.75) is 19.4 Å². The Hall–Kier alpha value is -4.01. The van der Waals surface area contributed by atoms with Gasteiger partial charge >= 0.3 is 0 Å². The summed E-state index contributed by atoms with van der Waals surface area (Å²) in [6.07, 6.45) is 0.386. The molecule has 4 rings (SSSR count). The summed E-state index contributed by atoms with van der Waals surface area (Å²) in [4.78, 5) is 20.8. The number of aliphatic hydroxyl groups is 1. The van der Waals surface area contributed by atoms with E-state index in [0.717, 1.165) is 11.0 Å². The number of aromatic nitrogens is 2. The summed E-state index contributed by atoms with van der Waals surface area (Å²) in [6.45, 7) is 1.78. The van der Waals surface area contributed by atoms with Gasteiger partial charge in [0.25, 0.3) is 0 Å². The number of carbonyl (C=O) groups excluding carboxylic acids is 1. The van der Waals surface area contributed by atoms with Crippen molar-refractivity contribution in [3.05, 3.63) is 54.0 Å². The fourth-order valence-electron chi connectivity index (χ4n) is 3.88. The Kier molecular flexibility index (Phi) is 5.72. The van der Waals surface area contributed by atoms with Crippen LogP contribution in [0.25, 0.3) is 16.6 Å². The van der Waals surface area contributed by atoms with Crippen LogP contribution in [0, 0.1) is 5.41 Å². The Bertz CT molecular complexity index is 1160. The molecular weight excluding hydrogens is 410 g/mol. The highest BCUT2D eigenvalue weighted by Crippen LogP contribution is 2.39. The number of aliphatic hydroxyl groups excluding tert-OH is 1. The van der Waals surface area contributed by atoms with Gasteiger partial charge in [-0.2, -0.15) is 0 Å². The number of hydrogen-bond acceptors (Lipinski definition) is 6. The predicted molar refractivity (Wildman–Crippen MR) is 122 cm³/mol. The maximum atomic E-state index is 11.4. The second-order valence-electron chi connectivity index (χ2n) is 7.44. The molecule has 4 N–H and O–H groups in total. The third-order valence-electron chi connectivity index (χ3n) is 5.39. The van der Waals surface area contributed by atoms with Crippen LogP contribution in [0.4, 0.5) is 5.69 Å². The van der Waals surface area contributed by atoms with Crippen LogP contribution in [0.1, 0.15) is 19.2 Å². The topological polar surface area (TPSA) is 124 Å². The van der Waals surface area contributed by atoms with Gasteiger partial charge in [0.1, 0.15) is 28.9 Å². The van der Waals surface area contributed by atoms with Crippen LogP contribution < -0.4 is 19.7 Å². The van der Waals surface area contributed by atoms with Gasteiger partial charge in [-0.25, -0.2) is 4.98 Å². The Balaban J connectivity index is 1.78. The number of amides is 1. The molecule has 0 bridgehead atoms. The van der Waals surface area contributed by atoms with Crippen molar-refractivity contribution in [3.8, 4) is 11.5 Å². The molecule has 1 unspecified atom stereocenters. The van der Waals surface area contributed by atoms with Crippen LogP contribution in [0.15, 0.2) is 48.2 Å². The lowest BCUT2D eigenvalue weighted by molar-refractivity contribution is -0.118. The van der Waals surface area contributed by atoms with E-state index in [4.69, 9.17) is 14.9 Å². The van der Waals surface area contributed by atoms with E-state index in [2.05, 4.69) is 15.3 Å². The van der Waals surface area contributed by atoms with Gasteiger partial charge in [-0.1, -0.05) is 12.1 Å². The number of amidine groups is 1. The van der Waals surface area contributed by atoms with Crippen molar-refractivity contribution in [1.82, 2.24) is 15.3 Å². The number of anilines is 1. The fourth-order valence-corrected chi connectivity index (χ4v) is 3.88. The first-order chi connectivity index (χ1) is 15.4. The summed E-state index contributed by atoms with van der Waals surface area (Å²) in [5.41, 5.74) is 2.49. The summed E-state index contributed by atoms with van der Waals surface area (Å²) < 4.78 is 10.8. The number of imidazole rings is 1. The number of hydrogen-bond donors (Lipinski definition) is 4. The molecular formula is C23H25N5O4. The van der Waals surface area contributed by atoms with Gasteiger partial charge in [-0.05, 0) is 18.6 Å². The number of benzene rings is 2. The molecule has 1 amide bonds. The fraction of sp³-hybridized carbons (Fsp3) is 0.261. The molecule has 2 heterocycles. The van der Waals surface area contributed by atoms with E-state index >= 15 is 0 Å². The SMILES string of the molecule is COc1cc(OC)cc(N2C(=N)C(c3nc4ccccc4[nH]3)=C(O)C2CCNC(C)=O)c1. The standard InChI is InChI=1S/C23H25N5O4/c1-13(29)25-9-8-19-21(30)20(23-26-17-6-4-5-7-18(17)27-23)22(24)28(19)14-10-15(31-2)12-16(11-14)32-3/h4-7,10-12,19,24,30H,8-9H2,1-3H3,(H,25,29)(H,26,27). The quantitative estimate of drug-likeness (QED) is 0.452. The second-order valence-corrected chi connectivity index (χ2v) is 7.44. The molecule has 1 aliphatic heterocycles. The van der Waals surface area contributed by atoms with Crippen LogP contribution in [0.2, 0.25) is 0 Å². The van der Waals surface area contributed by atoms with Crippen LogP contribution in [-0.4, -0.2) is 53.6 Å². The van der Waals surface area contributed by atoms with E-state index in [1.54, 1.807) is 37.3 Å². The number of nitrogens with one attached hydrogen (secondary N) is 3. The van der Waals surface area contributed by atoms with Crippen LogP contribution in [0.5, 0.6) is 11.5 Å². The number of fused-ring (bicyclic) bond motifs is 1. The minimum atomic E-state index is -0.575. The van der Waals surface area contributed by atoms with Gasteiger partial charge in [0.2, 0.25) is 5.91 Å². The largest absolute Gasteiger partial charge is 0.509 e. The third kappa shape index (κ3) is 3.84. The Morgan fingerprint density at radius 3 is 2.53 bits per heavy atom. The molecule has 32 heavy (non-hydrogen) atoms. The van der Waals surface area contributed by atoms with Crippen LogP contribution in [0.3, 0.4) is 0 Å². The van der Waals surface area contributed by atoms with Gasteiger partial charge in [0, 0.05) is 31.7 Å². The number of para-hydroxylation sites is 2. The number of methoxy groups -OCH3 is 2. The predicted octanol–water partition coefficient (Wildman–Crippen LogP) is 3.24. The molecule has 2 aromatic carbocycles. The summed E-state index contributed by atoms with van der Waals surface area (Å²) in [5.74, 6) is 1.48. The summed E-state index contributed by atoms with van der Waals surface area (Å²) in [5, 5.41) is 22.9. The first-order valence-corrected chi connectivity index (χ1v) is 10.2. The van der Waals surface area contributed by atoms with Crippen molar-refractivity contribution in [2.75, 3.05) is 25.7 Å². The van der Waals surface area contributed by atoms with Gasteiger partial charge in [0.05, 0.1) is 42.6 Å². The van der Waals surface area contributed by atoms with E-state index in [9.17, 15) is 9.90 Å². The van der Waals surface area contributed by atoms with Crippen molar-refractivity contribution in [2.24, 2.45) is 0 Å². The lowest BCUT2D eigenvalue weighted by Gasteiger charge is -2.28. The monoisotopic (exact) mass is 435 g/mol. The van der Waals surface area contributed by atoms with Crippen LogP contribution in [-0.2, 0) is 4.79 Å². The maximum Gasteiger partial charge on any atom is 0.216 e. The van der Waals surface area contributed by atoms with Crippen molar-refractivity contribution in [1.29, 1.82) is 5.41 Å².